The molecule has 1 saturated heterocycles. The van der Waals surface area contributed by atoms with Gasteiger partial charge in [0, 0.05) is 0 Å². The number of hydrogen-bond donors (Lipinski definition) is 1. The number of carbonyl (C=O) groups excluding carboxylic acids is 1. The van der Waals surface area contributed by atoms with Crippen molar-refractivity contribution in [3.8, 4) is 0 Å². The molecule has 0 bridgehead atoms. The Labute approximate surface area is 92.8 Å². The van der Waals surface area contributed by atoms with Crippen LogP contribution in [0, 0.1) is 11.8 Å². The van der Waals surface area contributed by atoms with E-state index >= 15 is 0 Å². The summed E-state index contributed by atoms with van der Waals surface area (Å²) in [6.07, 6.45) is 9.46. The first-order valence-electron chi connectivity index (χ1n) is 6.53. The van der Waals surface area contributed by atoms with Gasteiger partial charge in [0.25, 0.3) is 0 Å². The number of nitrogens with one attached hydrogen (secondary N) is 1. The molecule has 0 aromatic heterocycles. The molecular weight excluding hydrogens is 186 g/mol. The van der Waals surface area contributed by atoms with Crippen LogP contribution in [0.4, 0.5) is 0 Å². The highest BCUT2D eigenvalue weighted by molar-refractivity contribution is 5.82. The quantitative estimate of drug-likeness (QED) is 0.719. The Morgan fingerprint density at radius 2 is 1.73 bits per heavy atom. The van der Waals surface area contributed by atoms with Crippen LogP contribution in [-0.4, -0.2) is 18.4 Å². The molecular formula is C13H23NO. The van der Waals surface area contributed by atoms with Crippen LogP contribution in [0.15, 0.2) is 0 Å². The number of hydrogen-bond acceptors (Lipinski definition) is 2. The molecule has 1 heterocycles. The van der Waals surface area contributed by atoms with Gasteiger partial charge in [-0.25, -0.2) is 0 Å². The topological polar surface area (TPSA) is 29.1 Å². The summed E-state index contributed by atoms with van der Waals surface area (Å²) in [5.41, 5.74) is 0. The number of fused-ring (bicyclic) bond motifs is 1. The van der Waals surface area contributed by atoms with Crippen LogP contribution in [0.2, 0.25) is 0 Å². The minimum atomic E-state index is 0.174. The predicted octanol–water partition coefficient (Wildman–Crippen LogP) is 2.52. The zero-order chi connectivity index (χ0) is 10.7. The SMILES string of the molecule is CC(=O)C1NCC2CCCCCCCC21. The van der Waals surface area contributed by atoms with Crippen molar-refractivity contribution in [1.29, 1.82) is 0 Å². The summed E-state index contributed by atoms with van der Waals surface area (Å²) in [7, 11) is 0. The molecule has 1 aliphatic carbocycles. The summed E-state index contributed by atoms with van der Waals surface area (Å²) in [5, 5.41) is 3.42. The highest BCUT2D eigenvalue weighted by Gasteiger charge is 2.37. The van der Waals surface area contributed by atoms with E-state index in [2.05, 4.69) is 5.32 Å². The molecule has 0 radical (unpaired) electrons. The van der Waals surface area contributed by atoms with Gasteiger partial charge in [-0.15, -0.1) is 0 Å². The molecule has 1 aliphatic heterocycles. The Kier molecular flexibility index (Phi) is 3.79. The molecule has 2 rings (SSSR count). The minimum Gasteiger partial charge on any atom is -0.307 e. The van der Waals surface area contributed by atoms with Crippen molar-refractivity contribution in [2.45, 2.75) is 57.9 Å². The monoisotopic (exact) mass is 209 g/mol. The predicted molar refractivity (Wildman–Crippen MR) is 61.8 cm³/mol. The highest BCUT2D eigenvalue weighted by atomic mass is 16.1. The summed E-state index contributed by atoms with van der Waals surface area (Å²) in [4.78, 5) is 11.5. The van der Waals surface area contributed by atoms with Crippen molar-refractivity contribution in [3.63, 3.8) is 0 Å². The van der Waals surface area contributed by atoms with Crippen LogP contribution in [0.5, 0.6) is 0 Å². The third kappa shape index (κ3) is 2.60. The van der Waals surface area contributed by atoms with Gasteiger partial charge in [-0.1, -0.05) is 32.1 Å². The van der Waals surface area contributed by atoms with Crippen LogP contribution in [0.1, 0.15) is 51.9 Å². The van der Waals surface area contributed by atoms with E-state index in [1.165, 1.54) is 44.9 Å². The van der Waals surface area contributed by atoms with Gasteiger partial charge >= 0.3 is 0 Å². The number of ketones is 1. The maximum Gasteiger partial charge on any atom is 0.146 e. The summed E-state index contributed by atoms with van der Waals surface area (Å²) in [5.74, 6) is 1.76. The summed E-state index contributed by atoms with van der Waals surface area (Å²) in [6, 6.07) is 0.174. The second kappa shape index (κ2) is 5.11. The van der Waals surface area contributed by atoms with Gasteiger partial charge in [-0.05, 0) is 38.1 Å². The van der Waals surface area contributed by atoms with Crippen LogP contribution in [-0.2, 0) is 4.79 Å². The van der Waals surface area contributed by atoms with Gasteiger partial charge in [-0.2, -0.15) is 0 Å². The molecule has 1 saturated carbocycles. The fourth-order valence-corrected chi connectivity index (χ4v) is 3.33. The van der Waals surface area contributed by atoms with Gasteiger partial charge in [0.2, 0.25) is 0 Å². The molecule has 2 aliphatic rings. The van der Waals surface area contributed by atoms with Crippen molar-refractivity contribution in [3.05, 3.63) is 0 Å². The molecule has 15 heavy (non-hydrogen) atoms. The number of carbonyl (C=O) groups is 1. The van der Waals surface area contributed by atoms with Crippen LogP contribution in [0.3, 0.4) is 0 Å². The lowest BCUT2D eigenvalue weighted by atomic mass is 9.83. The largest absolute Gasteiger partial charge is 0.307 e. The van der Waals surface area contributed by atoms with E-state index in [0.717, 1.165) is 12.5 Å². The van der Waals surface area contributed by atoms with Gasteiger partial charge in [-0.3, -0.25) is 4.79 Å². The Morgan fingerprint density at radius 3 is 2.47 bits per heavy atom. The molecule has 86 valence electrons. The van der Waals surface area contributed by atoms with E-state index in [9.17, 15) is 4.79 Å². The van der Waals surface area contributed by atoms with Crippen molar-refractivity contribution in [2.75, 3.05) is 6.54 Å². The fourth-order valence-electron chi connectivity index (χ4n) is 3.33. The first-order valence-corrected chi connectivity index (χ1v) is 6.53. The summed E-state index contributed by atoms with van der Waals surface area (Å²) < 4.78 is 0. The van der Waals surface area contributed by atoms with E-state index < -0.39 is 0 Å². The molecule has 2 nitrogen and oxygen atoms in total. The van der Waals surface area contributed by atoms with E-state index in [4.69, 9.17) is 0 Å². The molecule has 2 heteroatoms. The smallest absolute Gasteiger partial charge is 0.146 e. The summed E-state index contributed by atoms with van der Waals surface area (Å²) in [6.45, 7) is 2.82. The lowest BCUT2D eigenvalue weighted by Gasteiger charge is -2.21. The Morgan fingerprint density at radius 1 is 1.07 bits per heavy atom. The first-order chi connectivity index (χ1) is 7.29. The second-order valence-corrected chi connectivity index (χ2v) is 5.27. The van der Waals surface area contributed by atoms with Crippen LogP contribution < -0.4 is 5.32 Å². The van der Waals surface area contributed by atoms with Gasteiger partial charge in [0.05, 0.1) is 6.04 Å². The second-order valence-electron chi connectivity index (χ2n) is 5.27. The molecule has 2 fully saturated rings. The van der Waals surface area contributed by atoms with Gasteiger partial charge in [0.1, 0.15) is 5.78 Å². The average molecular weight is 209 g/mol. The standard InChI is InChI=1S/C13H23NO/c1-10(15)13-12-8-6-4-2-3-5-7-11(12)9-14-13/h11-14H,2-9H2,1H3. The highest BCUT2D eigenvalue weighted by Crippen LogP contribution is 2.33. The zero-order valence-corrected chi connectivity index (χ0v) is 9.80. The third-order valence-corrected chi connectivity index (χ3v) is 4.18. The van der Waals surface area contributed by atoms with E-state index in [1.54, 1.807) is 6.92 Å². The van der Waals surface area contributed by atoms with E-state index in [0.29, 0.717) is 11.7 Å². The van der Waals surface area contributed by atoms with Crippen LogP contribution >= 0.6 is 0 Å². The molecule has 0 amide bonds. The normalized spacial score (nSPS) is 37.5. The zero-order valence-electron chi connectivity index (χ0n) is 9.80. The van der Waals surface area contributed by atoms with Crippen molar-refractivity contribution in [2.24, 2.45) is 11.8 Å². The van der Waals surface area contributed by atoms with Crippen molar-refractivity contribution < 1.29 is 4.79 Å². The Balaban J connectivity index is 2.01. The lowest BCUT2D eigenvalue weighted by molar-refractivity contribution is -0.119. The molecule has 3 unspecified atom stereocenters. The first kappa shape index (κ1) is 11.1. The fraction of sp³-hybridized carbons (Fsp3) is 0.923. The molecule has 1 N–H and O–H groups in total. The summed E-state index contributed by atoms with van der Waals surface area (Å²) >= 11 is 0. The van der Waals surface area contributed by atoms with Crippen molar-refractivity contribution in [1.82, 2.24) is 5.32 Å². The van der Waals surface area contributed by atoms with Gasteiger partial charge < -0.3 is 5.32 Å². The lowest BCUT2D eigenvalue weighted by Crippen LogP contribution is -2.34. The number of Topliss-reactive ketones (excluding diaryl/α,β-unsaturated/α-hetero) is 1. The molecule has 0 aromatic rings. The van der Waals surface area contributed by atoms with Crippen molar-refractivity contribution >= 4 is 5.78 Å². The third-order valence-electron chi connectivity index (χ3n) is 4.18. The molecule has 0 aromatic carbocycles. The minimum absolute atomic E-state index is 0.174. The van der Waals surface area contributed by atoms with E-state index in [-0.39, 0.29) is 6.04 Å². The number of rotatable bonds is 1. The Bertz CT molecular complexity index is 227. The Hall–Kier alpha value is -0.370. The van der Waals surface area contributed by atoms with E-state index in [1.807, 2.05) is 0 Å². The molecule has 3 atom stereocenters. The average Bonchev–Trinajstić information content (AvgIpc) is 2.61. The molecule has 0 spiro atoms. The van der Waals surface area contributed by atoms with Crippen LogP contribution in [0.25, 0.3) is 0 Å². The maximum atomic E-state index is 11.5. The van der Waals surface area contributed by atoms with Gasteiger partial charge in [0.15, 0.2) is 0 Å². The maximum absolute atomic E-state index is 11.5.